The van der Waals surface area contributed by atoms with Crippen molar-refractivity contribution in [1.29, 1.82) is 0 Å². The van der Waals surface area contributed by atoms with Gasteiger partial charge in [-0.05, 0) is 131 Å². The normalized spacial score (nSPS) is 12.6. The van der Waals surface area contributed by atoms with Gasteiger partial charge in [0.1, 0.15) is 46.6 Å². The van der Waals surface area contributed by atoms with Crippen LogP contribution in [0.3, 0.4) is 0 Å². The molecule has 0 radical (unpaired) electrons. The third-order valence-corrected chi connectivity index (χ3v) is 8.64. The molecule has 4 aromatic rings. The first kappa shape index (κ1) is 52.4. The van der Waals surface area contributed by atoms with Crippen LogP contribution in [0.25, 0.3) is 21.8 Å². The Hall–Kier alpha value is -6.21. The van der Waals surface area contributed by atoms with Crippen molar-refractivity contribution in [2.45, 2.75) is 124 Å². The molecule has 19 heteroatoms. The molecule has 362 valence electrons. The van der Waals surface area contributed by atoms with Crippen molar-refractivity contribution in [3.8, 4) is 11.5 Å². The predicted octanol–water partition coefficient (Wildman–Crippen LogP) is 8.18. The highest BCUT2D eigenvalue weighted by Gasteiger charge is 2.29. The lowest BCUT2D eigenvalue weighted by molar-refractivity contribution is -0.128. The Morgan fingerprint density at radius 1 is 0.591 bits per heavy atom. The van der Waals surface area contributed by atoms with Gasteiger partial charge in [-0.1, -0.05) is 0 Å². The van der Waals surface area contributed by atoms with Gasteiger partial charge in [0.2, 0.25) is 11.8 Å². The molecular weight excluding hydrogens is 864 g/mol. The molecule has 2 amide bonds. The van der Waals surface area contributed by atoms with Gasteiger partial charge < -0.3 is 48.5 Å². The van der Waals surface area contributed by atoms with E-state index in [1.165, 1.54) is 51.9 Å². The monoisotopic (exact) mass is 926 g/mol. The van der Waals surface area contributed by atoms with Crippen LogP contribution in [0.4, 0.5) is 23.6 Å². The summed E-state index contributed by atoms with van der Waals surface area (Å²) in [7, 11) is 0. The predicted molar refractivity (Wildman–Crippen MR) is 241 cm³/mol. The number of hydrogen-bond donors (Lipinski definition) is 2. The zero-order valence-corrected chi connectivity index (χ0v) is 39.8. The van der Waals surface area contributed by atoms with Crippen LogP contribution < -0.4 is 20.1 Å². The van der Waals surface area contributed by atoms with Crippen LogP contribution in [0.15, 0.2) is 48.8 Å². The second-order valence-corrected chi connectivity index (χ2v) is 19.2. The molecule has 0 aliphatic heterocycles. The average Bonchev–Trinajstić information content (AvgIpc) is 3.70. The highest BCUT2D eigenvalue weighted by Crippen LogP contribution is 2.31. The van der Waals surface area contributed by atoms with E-state index in [1.54, 1.807) is 89.2 Å². The molecule has 66 heavy (non-hydrogen) atoms. The lowest BCUT2D eigenvalue weighted by Gasteiger charge is -2.20. The molecule has 2 aromatic carbocycles. The quantitative estimate of drug-likeness (QED) is 0.0470. The maximum atomic E-state index is 14.2. The first-order chi connectivity index (χ1) is 30.6. The standard InChI is InChI=1S/C47H63FN4O14/c1-44(2,3)63-40(55)51-27-29(33-25-31(13-15-36(33)51)61-42(57)65-46(7,8)9)23-35(39(54)49-18-20-60-22-21-59-19-17-48)50-38(53)24-30-28-52(41(56)64-45(4,5)6)37-16-14-32(26-34(30)37)62-43(58)66-47(10,11)12/h13-16,25-28,35H,17-24H2,1-12H3,(H,49,54)(H,50,53)/t35-/m0/s1. The van der Waals surface area contributed by atoms with E-state index in [2.05, 4.69) is 10.6 Å². The third kappa shape index (κ3) is 16.7. The maximum absolute atomic E-state index is 14.2. The van der Waals surface area contributed by atoms with Gasteiger partial charge in [-0.15, -0.1) is 0 Å². The van der Waals surface area contributed by atoms with Crippen LogP contribution >= 0.6 is 0 Å². The summed E-state index contributed by atoms with van der Waals surface area (Å²) in [6, 6.07) is 7.73. The molecule has 0 unspecified atom stereocenters. The van der Waals surface area contributed by atoms with E-state index in [0.29, 0.717) is 32.9 Å². The summed E-state index contributed by atoms with van der Waals surface area (Å²) < 4.78 is 58.3. The fourth-order valence-electron chi connectivity index (χ4n) is 6.24. The Morgan fingerprint density at radius 2 is 1.03 bits per heavy atom. The molecule has 0 saturated heterocycles. The molecule has 0 spiro atoms. The number of carbonyl (C=O) groups is 6. The van der Waals surface area contributed by atoms with E-state index in [-0.39, 0.29) is 57.3 Å². The number of nitrogens with one attached hydrogen (secondary N) is 2. The van der Waals surface area contributed by atoms with Gasteiger partial charge in [0.05, 0.1) is 43.9 Å². The SMILES string of the molecule is CC(C)(C)OC(=O)Oc1ccc2c(c1)c(CC(=O)N[C@@H](Cc1cn(C(=O)OC(C)(C)C)c3ccc(OC(=O)OC(C)(C)C)cc13)C(=O)NCCOCCOCCF)cn2C(=O)OC(C)(C)C. The Kier molecular flexibility index (Phi) is 17.4. The maximum Gasteiger partial charge on any atom is 0.514 e. The number of carbonyl (C=O) groups excluding carboxylic acids is 6. The molecule has 0 fully saturated rings. The van der Waals surface area contributed by atoms with Crippen LogP contribution in [0.1, 0.15) is 94.2 Å². The second-order valence-electron chi connectivity index (χ2n) is 19.2. The Morgan fingerprint density at radius 3 is 1.48 bits per heavy atom. The molecule has 2 aromatic heterocycles. The molecule has 0 aliphatic carbocycles. The van der Waals surface area contributed by atoms with Crippen molar-refractivity contribution in [1.82, 2.24) is 19.8 Å². The number of ether oxygens (including phenoxy) is 8. The largest absolute Gasteiger partial charge is 0.514 e. The second kappa shape index (κ2) is 21.9. The average molecular weight is 927 g/mol. The number of fused-ring (bicyclic) bond motifs is 2. The number of benzene rings is 2. The van der Waals surface area contributed by atoms with Gasteiger partial charge in [0.15, 0.2) is 0 Å². The van der Waals surface area contributed by atoms with Crippen molar-refractivity contribution < 1.29 is 71.1 Å². The lowest BCUT2D eigenvalue weighted by Crippen LogP contribution is -2.49. The number of halogens is 1. The zero-order valence-electron chi connectivity index (χ0n) is 39.8. The highest BCUT2D eigenvalue weighted by atomic mass is 19.1. The molecule has 1 atom stereocenters. The number of nitrogens with zero attached hydrogens (tertiary/aromatic N) is 2. The Labute approximate surface area is 383 Å². The molecule has 2 N–H and O–H groups in total. The summed E-state index contributed by atoms with van der Waals surface area (Å²) in [5, 5.41) is 6.33. The topological polar surface area (TPSA) is 210 Å². The van der Waals surface area contributed by atoms with Gasteiger partial charge in [0, 0.05) is 36.1 Å². The molecule has 4 rings (SSSR count). The molecule has 2 heterocycles. The summed E-state index contributed by atoms with van der Waals surface area (Å²) in [5.74, 6) is -1.12. The van der Waals surface area contributed by atoms with Gasteiger partial charge in [0.25, 0.3) is 0 Å². The number of alkyl halides is 1. The van der Waals surface area contributed by atoms with Gasteiger partial charge >= 0.3 is 24.5 Å². The summed E-state index contributed by atoms with van der Waals surface area (Å²) in [4.78, 5) is 80.4. The van der Waals surface area contributed by atoms with E-state index >= 15 is 0 Å². The Bertz CT molecular complexity index is 2380. The summed E-state index contributed by atoms with van der Waals surface area (Å²) >= 11 is 0. The number of hydrogen-bond acceptors (Lipinski definition) is 14. The van der Waals surface area contributed by atoms with Crippen LogP contribution in [-0.4, -0.2) is 114 Å². The molecular formula is C47H63FN4O14. The minimum Gasteiger partial charge on any atom is -0.443 e. The zero-order chi connectivity index (χ0) is 49.2. The van der Waals surface area contributed by atoms with Crippen molar-refractivity contribution >= 4 is 58.1 Å². The summed E-state index contributed by atoms with van der Waals surface area (Å²) in [6.07, 6.45) is -1.05. The van der Waals surface area contributed by atoms with E-state index in [1.807, 2.05) is 0 Å². The summed E-state index contributed by atoms with van der Waals surface area (Å²) in [5.41, 5.74) is -2.03. The third-order valence-electron chi connectivity index (χ3n) is 8.64. The summed E-state index contributed by atoms with van der Waals surface area (Å²) in [6.45, 7) is 20.0. The van der Waals surface area contributed by atoms with E-state index in [4.69, 9.17) is 37.9 Å². The van der Waals surface area contributed by atoms with Gasteiger partial charge in [-0.25, -0.2) is 23.6 Å². The molecule has 0 saturated carbocycles. The number of aromatic nitrogens is 2. The number of rotatable bonds is 16. The van der Waals surface area contributed by atoms with Gasteiger partial charge in [-0.3, -0.25) is 18.7 Å². The van der Waals surface area contributed by atoms with E-state index in [0.717, 1.165) is 0 Å². The number of amides is 2. The fraction of sp³-hybridized carbons (Fsp3) is 0.532. The van der Waals surface area contributed by atoms with Crippen molar-refractivity contribution in [2.24, 2.45) is 0 Å². The van der Waals surface area contributed by atoms with Crippen LogP contribution in [-0.2, 0) is 50.9 Å². The fourth-order valence-corrected chi connectivity index (χ4v) is 6.24. The van der Waals surface area contributed by atoms with Crippen molar-refractivity contribution in [3.63, 3.8) is 0 Å². The minimum atomic E-state index is -1.29. The van der Waals surface area contributed by atoms with Crippen molar-refractivity contribution in [3.05, 3.63) is 59.9 Å². The van der Waals surface area contributed by atoms with E-state index < -0.39 is 71.4 Å². The molecule has 0 bridgehead atoms. The highest BCUT2D eigenvalue weighted by molar-refractivity contribution is 5.97. The minimum absolute atomic E-state index is 0.0195. The first-order valence-electron chi connectivity index (χ1n) is 21.5. The molecule has 18 nitrogen and oxygen atoms in total. The van der Waals surface area contributed by atoms with Crippen LogP contribution in [0.2, 0.25) is 0 Å². The van der Waals surface area contributed by atoms with Crippen LogP contribution in [0.5, 0.6) is 11.5 Å². The van der Waals surface area contributed by atoms with Gasteiger partial charge in [-0.2, -0.15) is 0 Å². The smallest absolute Gasteiger partial charge is 0.443 e. The van der Waals surface area contributed by atoms with E-state index in [9.17, 15) is 33.2 Å². The lowest BCUT2D eigenvalue weighted by atomic mass is 10.0. The molecule has 0 aliphatic rings. The van der Waals surface area contributed by atoms with Crippen molar-refractivity contribution in [2.75, 3.05) is 39.6 Å². The van der Waals surface area contributed by atoms with Crippen LogP contribution in [0, 0.1) is 0 Å². The Balaban J connectivity index is 1.73. The first-order valence-corrected chi connectivity index (χ1v) is 21.5.